The Hall–Kier alpha value is -1.09. The highest BCUT2D eigenvalue weighted by molar-refractivity contribution is 5.37. The molecule has 18 heavy (non-hydrogen) atoms. The number of rotatable bonds is 3. The molecule has 0 spiro atoms. The first-order valence-electron chi connectivity index (χ1n) is 6.49. The van der Waals surface area contributed by atoms with E-state index in [1.807, 2.05) is 20.8 Å². The summed E-state index contributed by atoms with van der Waals surface area (Å²) in [6.07, 6.45) is 1.99. The highest BCUT2D eigenvalue weighted by atomic mass is 19.1. The van der Waals surface area contributed by atoms with Gasteiger partial charge in [0, 0.05) is 12.0 Å². The van der Waals surface area contributed by atoms with Gasteiger partial charge in [-0.05, 0) is 36.5 Å². The van der Waals surface area contributed by atoms with E-state index < -0.39 is 0 Å². The van der Waals surface area contributed by atoms with Crippen molar-refractivity contribution in [2.75, 3.05) is 0 Å². The standard InChI is InChI=1S/C15H21FO2/c1-15(2,3)14(17)7-5-12-9-10-8-11(16)4-6-13(10)18-12/h4,6,8,12,14,17H,5,7,9H2,1-3H3. The van der Waals surface area contributed by atoms with E-state index in [9.17, 15) is 9.50 Å². The summed E-state index contributed by atoms with van der Waals surface area (Å²) < 4.78 is 18.8. The molecule has 1 aliphatic heterocycles. The van der Waals surface area contributed by atoms with Crippen LogP contribution in [0.4, 0.5) is 4.39 Å². The molecule has 1 aromatic rings. The summed E-state index contributed by atoms with van der Waals surface area (Å²) in [6.45, 7) is 6.08. The van der Waals surface area contributed by atoms with Crippen LogP contribution < -0.4 is 4.74 Å². The summed E-state index contributed by atoms with van der Waals surface area (Å²) in [5.41, 5.74) is 0.836. The topological polar surface area (TPSA) is 29.5 Å². The average Bonchev–Trinajstić information content (AvgIpc) is 2.66. The first-order valence-corrected chi connectivity index (χ1v) is 6.49. The van der Waals surface area contributed by atoms with Gasteiger partial charge in [-0.3, -0.25) is 0 Å². The van der Waals surface area contributed by atoms with Crippen molar-refractivity contribution in [3.8, 4) is 5.75 Å². The molecule has 3 heteroatoms. The summed E-state index contributed by atoms with van der Waals surface area (Å²) in [5, 5.41) is 9.99. The van der Waals surface area contributed by atoms with Crippen molar-refractivity contribution < 1.29 is 14.2 Å². The molecule has 0 aliphatic carbocycles. The number of ether oxygens (including phenoxy) is 1. The third-order valence-corrected chi connectivity index (χ3v) is 3.53. The van der Waals surface area contributed by atoms with E-state index in [0.717, 1.165) is 24.2 Å². The van der Waals surface area contributed by atoms with Gasteiger partial charge in [0.05, 0.1) is 6.10 Å². The molecule has 0 saturated carbocycles. The normalized spacial score (nSPS) is 20.4. The van der Waals surface area contributed by atoms with Gasteiger partial charge in [-0.1, -0.05) is 20.8 Å². The molecule has 1 heterocycles. The fourth-order valence-electron chi connectivity index (χ4n) is 2.23. The van der Waals surface area contributed by atoms with Gasteiger partial charge in [0.2, 0.25) is 0 Å². The van der Waals surface area contributed by atoms with Crippen molar-refractivity contribution >= 4 is 0 Å². The molecule has 1 aliphatic rings. The number of halogens is 1. The summed E-state index contributed by atoms with van der Waals surface area (Å²) in [4.78, 5) is 0. The Morgan fingerprint density at radius 2 is 2.17 bits per heavy atom. The predicted octanol–water partition coefficient (Wildman–Crippen LogP) is 3.32. The van der Waals surface area contributed by atoms with Crippen LogP contribution in [0.5, 0.6) is 5.75 Å². The number of benzene rings is 1. The second kappa shape index (κ2) is 4.88. The summed E-state index contributed by atoms with van der Waals surface area (Å²) in [7, 11) is 0. The van der Waals surface area contributed by atoms with Crippen molar-refractivity contribution in [3.05, 3.63) is 29.6 Å². The molecule has 1 N–H and O–H groups in total. The smallest absolute Gasteiger partial charge is 0.123 e. The second-order valence-electron chi connectivity index (χ2n) is 6.16. The third kappa shape index (κ3) is 3.02. The van der Waals surface area contributed by atoms with Crippen LogP contribution in [0.2, 0.25) is 0 Å². The lowest BCUT2D eigenvalue weighted by Gasteiger charge is -2.26. The van der Waals surface area contributed by atoms with E-state index in [2.05, 4.69) is 0 Å². The number of hydrogen-bond acceptors (Lipinski definition) is 2. The van der Waals surface area contributed by atoms with Crippen LogP contribution in [0.3, 0.4) is 0 Å². The second-order valence-corrected chi connectivity index (χ2v) is 6.16. The Morgan fingerprint density at radius 1 is 1.44 bits per heavy atom. The number of aliphatic hydroxyl groups is 1. The van der Waals surface area contributed by atoms with Crippen LogP contribution >= 0.6 is 0 Å². The molecule has 2 atom stereocenters. The minimum atomic E-state index is -0.332. The van der Waals surface area contributed by atoms with E-state index in [4.69, 9.17) is 4.74 Å². The highest BCUT2D eigenvalue weighted by Crippen LogP contribution is 2.32. The molecular weight excluding hydrogens is 231 g/mol. The largest absolute Gasteiger partial charge is 0.490 e. The molecule has 0 amide bonds. The number of aliphatic hydroxyl groups excluding tert-OH is 1. The first kappa shape index (κ1) is 13.3. The van der Waals surface area contributed by atoms with Gasteiger partial charge in [-0.15, -0.1) is 0 Å². The molecule has 2 unspecified atom stereocenters. The van der Waals surface area contributed by atoms with Gasteiger partial charge in [0.1, 0.15) is 17.7 Å². The van der Waals surface area contributed by atoms with E-state index in [1.165, 1.54) is 12.1 Å². The van der Waals surface area contributed by atoms with Gasteiger partial charge in [-0.2, -0.15) is 0 Å². The van der Waals surface area contributed by atoms with Crippen LogP contribution in [0.15, 0.2) is 18.2 Å². The summed E-state index contributed by atoms with van der Waals surface area (Å²) in [6, 6.07) is 4.64. The van der Waals surface area contributed by atoms with Crippen LogP contribution in [0.1, 0.15) is 39.2 Å². The van der Waals surface area contributed by atoms with Gasteiger partial charge in [0.15, 0.2) is 0 Å². The molecule has 2 nitrogen and oxygen atoms in total. The van der Waals surface area contributed by atoms with Crippen LogP contribution in [-0.2, 0) is 6.42 Å². The Balaban J connectivity index is 1.89. The molecule has 0 bridgehead atoms. The summed E-state index contributed by atoms with van der Waals surface area (Å²) in [5.74, 6) is 0.569. The van der Waals surface area contributed by atoms with E-state index in [0.29, 0.717) is 6.42 Å². The zero-order valence-corrected chi connectivity index (χ0v) is 11.2. The third-order valence-electron chi connectivity index (χ3n) is 3.53. The van der Waals surface area contributed by atoms with Crippen molar-refractivity contribution in [1.82, 2.24) is 0 Å². The van der Waals surface area contributed by atoms with Crippen molar-refractivity contribution in [2.45, 2.75) is 52.2 Å². The monoisotopic (exact) mass is 252 g/mol. The molecule has 0 aromatic heterocycles. The van der Waals surface area contributed by atoms with Gasteiger partial charge in [-0.25, -0.2) is 4.39 Å². The molecule has 1 aromatic carbocycles. The fraction of sp³-hybridized carbons (Fsp3) is 0.600. The zero-order chi connectivity index (χ0) is 13.3. The van der Waals surface area contributed by atoms with Gasteiger partial charge in [0.25, 0.3) is 0 Å². The van der Waals surface area contributed by atoms with Crippen molar-refractivity contribution in [1.29, 1.82) is 0 Å². The SMILES string of the molecule is CC(C)(C)C(O)CCC1Cc2cc(F)ccc2O1. The Morgan fingerprint density at radius 3 is 2.83 bits per heavy atom. The first-order chi connectivity index (χ1) is 8.36. The lowest BCUT2D eigenvalue weighted by Crippen LogP contribution is -2.28. The van der Waals surface area contributed by atoms with Gasteiger partial charge >= 0.3 is 0 Å². The molecule has 0 saturated heterocycles. The number of hydrogen-bond donors (Lipinski definition) is 1. The predicted molar refractivity (Wildman–Crippen MR) is 69.2 cm³/mol. The molecule has 100 valence electrons. The molecule has 2 rings (SSSR count). The van der Waals surface area contributed by atoms with Crippen LogP contribution in [-0.4, -0.2) is 17.3 Å². The molecular formula is C15H21FO2. The molecule has 0 radical (unpaired) electrons. The van der Waals surface area contributed by atoms with Crippen LogP contribution in [0.25, 0.3) is 0 Å². The molecule has 0 fully saturated rings. The maximum Gasteiger partial charge on any atom is 0.123 e. The minimum Gasteiger partial charge on any atom is -0.490 e. The van der Waals surface area contributed by atoms with E-state index in [1.54, 1.807) is 6.07 Å². The van der Waals surface area contributed by atoms with Gasteiger partial charge < -0.3 is 9.84 Å². The average molecular weight is 252 g/mol. The maximum absolute atomic E-state index is 13.1. The minimum absolute atomic E-state index is 0.0683. The summed E-state index contributed by atoms with van der Waals surface area (Å²) >= 11 is 0. The lowest BCUT2D eigenvalue weighted by molar-refractivity contribution is 0.0445. The number of fused-ring (bicyclic) bond motifs is 1. The Labute approximate surface area is 108 Å². The zero-order valence-electron chi connectivity index (χ0n) is 11.2. The van der Waals surface area contributed by atoms with Crippen LogP contribution in [0, 0.1) is 11.2 Å². The van der Waals surface area contributed by atoms with E-state index in [-0.39, 0.29) is 23.4 Å². The van der Waals surface area contributed by atoms with Crippen molar-refractivity contribution in [3.63, 3.8) is 0 Å². The van der Waals surface area contributed by atoms with Crippen molar-refractivity contribution in [2.24, 2.45) is 5.41 Å². The Bertz CT molecular complexity index is 423. The highest BCUT2D eigenvalue weighted by Gasteiger charge is 2.27. The van der Waals surface area contributed by atoms with E-state index >= 15 is 0 Å². The quantitative estimate of drug-likeness (QED) is 0.894. The Kier molecular flexibility index (Phi) is 3.62. The lowest BCUT2D eigenvalue weighted by atomic mass is 9.86. The maximum atomic E-state index is 13.1. The fourth-order valence-corrected chi connectivity index (χ4v) is 2.23.